The van der Waals surface area contributed by atoms with Crippen molar-refractivity contribution in [1.29, 1.82) is 0 Å². The highest BCUT2D eigenvalue weighted by molar-refractivity contribution is 5.94. The topological polar surface area (TPSA) is 62.5 Å². The lowest BCUT2D eigenvalue weighted by atomic mass is 10.0. The molecule has 2 N–H and O–H groups in total. The third-order valence-electron chi connectivity index (χ3n) is 2.89. The normalized spacial score (nSPS) is 13.8. The Labute approximate surface area is 118 Å². The van der Waals surface area contributed by atoms with Crippen LogP contribution < -0.4 is 5.32 Å². The van der Waals surface area contributed by atoms with Gasteiger partial charge in [0, 0.05) is 5.56 Å². The summed E-state index contributed by atoms with van der Waals surface area (Å²) in [6, 6.07) is 4.24. The number of carbonyl (C=O) groups is 1. The molecular weight excluding hydrogens is 287 g/mol. The Balaban J connectivity index is 2.09. The number of aliphatic hydroxyl groups is 1. The molecule has 7 heteroatoms. The molecule has 112 valence electrons. The zero-order valence-electron chi connectivity index (χ0n) is 11.0. The SMILES string of the molecule is CC(O)(CNC(=O)c1cc(F)c(F)c(F)c1)c1ccco1. The van der Waals surface area contributed by atoms with Gasteiger partial charge in [0.1, 0.15) is 11.4 Å². The fourth-order valence-corrected chi connectivity index (χ4v) is 1.71. The molecule has 0 aliphatic rings. The molecule has 1 heterocycles. The van der Waals surface area contributed by atoms with Crippen LogP contribution in [0.15, 0.2) is 34.9 Å². The van der Waals surface area contributed by atoms with E-state index in [0.29, 0.717) is 12.1 Å². The highest BCUT2D eigenvalue weighted by Crippen LogP contribution is 2.20. The minimum atomic E-state index is -1.64. The lowest BCUT2D eigenvalue weighted by molar-refractivity contribution is 0.0330. The van der Waals surface area contributed by atoms with Gasteiger partial charge < -0.3 is 14.8 Å². The molecule has 21 heavy (non-hydrogen) atoms. The second kappa shape index (κ2) is 5.61. The molecule has 0 radical (unpaired) electrons. The van der Waals surface area contributed by atoms with Crippen LogP contribution in [0, 0.1) is 17.5 Å². The van der Waals surface area contributed by atoms with Crippen LogP contribution in [-0.4, -0.2) is 17.6 Å². The molecule has 0 saturated carbocycles. The molecule has 1 aromatic carbocycles. The van der Waals surface area contributed by atoms with Crippen LogP contribution >= 0.6 is 0 Å². The molecule has 0 fully saturated rings. The molecule has 1 unspecified atom stereocenters. The summed E-state index contributed by atoms with van der Waals surface area (Å²) in [5.74, 6) is -5.19. The van der Waals surface area contributed by atoms with E-state index in [1.807, 2.05) is 0 Å². The van der Waals surface area contributed by atoms with Gasteiger partial charge in [0.15, 0.2) is 17.5 Å². The predicted molar refractivity (Wildman–Crippen MR) is 66.9 cm³/mol. The van der Waals surface area contributed by atoms with E-state index in [1.165, 1.54) is 19.3 Å². The van der Waals surface area contributed by atoms with Crippen LogP contribution in [0.4, 0.5) is 13.2 Å². The first kappa shape index (κ1) is 15.1. The minimum Gasteiger partial charge on any atom is -0.466 e. The van der Waals surface area contributed by atoms with Crippen molar-refractivity contribution in [3.8, 4) is 0 Å². The maximum absolute atomic E-state index is 13.0. The van der Waals surface area contributed by atoms with Crippen molar-refractivity contribution in [2.45, 2.75) is 12.5 Å². The number of carbonyl (C=O) groups excluding carboxylic acids is 1. The number of benzene rings is 1. The highest BCUT2D eigenvalue weighted by atomic mass is 19.2. The van der Waals surface area contributed by atoms with Crippen LogP contribution in [-0.2, 0) is 5.60 Å². The fourth-order valence-electron chi connectivity index (χ4n) is 1.71. The van der Waals surface area contributed by atoms with Crippen LogP contribution in [0.1, 0.15) is 23.0 Å². The third kappa shape index (κ3) is 3.25. The molecule has 0 bridgehead atoms. The summed E-state index contributed by atoms with van der Waals surface area (Å²) in [4.78, 5) is 11.8. The van der Waals surface area contributed by atoms with Crippen LogP contribution in [0.5, 0.6) is 0 Å². The Morgan fingerprint density at radius 3 is 2.48 bits per heavy atom. The van der Waals surface area contributed by atoms with Crippen molar-refractivity contribution >= 4 is 5.91 Å². The molecule has 0 aliphatic carbocycles. The second-order valence-corrected chi connectivity index (χ2v) is 4.69. The number of hydrogen-bond donors (Lipinski definition) is 2. The van der Waals surface area contributed by atoms with E-state index < -0.39 is 29.0 Å². The van der Waals surface area contributed by atoms with Crippen molar-refractivity contribution in [1.82, 2.24) is 5.32 Å². The van der Waals surface area contributed by atoms with Crippen molar-refractivity contribution in [2.75, 3.05) is 6.54 Å². The summed E-state index contributed by atoms with van der Waals surface area (Å²) in [5, 5.41) is 12.4. The summed E-state index contributed by atoms with van der Waals surface area (Å²) in [6.45, 7) is 1.15. The van der Waals surface area contributed by atoms with E-state index >= 15 is 0 Å². The van der Waals surface area contributed by atoms with Crippen LogP contribution in [0.2, 0.25) is 0 Å². The predicted octanol–water partition coefficient (Wildman–Crippen LogP) is 2.33. The van der Waals surface area contributed by atoms with Gasteiger partial charge in [-0.1, -0.05) is 0 Å². The third-order valence-corrected chi connectivity index (χ3v) is 2.89. The zero-order valence-corrected chi connectivity index (χ0v) is 11.0. The first-order valence-electron chi connectivity index (χ1n) is 6.00. The van der Waals surface area contributed by atoms with Gasteiger partial charge >= 0.3 is 0 Å². The first-order valence-corrected chi connectivity index (χ1v) is 6.00. The molecule has 2 aromatic rings. The Kier molecular flexibility index (Phi) is 4.04. The maximum atomic E-state index is 13.0. The Morgan fingerprint density at radius 2 is 1.95 bits per heavy atom. The molecule has 4 nitrogen and oxygen atoms in total. The number of nitrogens with one attached hydrogen (secondary N) is 1. The molecular formula is C14H12F3NO3. The fraction of sp³-hybridized carbons (Fsp3) is 0.214. The van der Waals surface area contributed by atoms with Crippen LogP contribution in [0.25, 0.3) is 0 Å². The van der Waals surface area contributed by atoms with E-state index in [0.717, 1.165) is 0 Å². The summed E-state index contributed by atoms with van der Waals surface area (Å²) in [5.41, 5.74) is -1.88. The Bertz CT molecular complexity index is 630. The minimum absolute atomic E-state index is 0.222. The zero-order chi connectivity index (χ0) is 15.6. The van der Waals surface area contributed by atoms with Gasteiger partial charge in [0.25, 0.3) is 5.91 Å². The lowest BCUT2D eigenvalue weighted by Gasteiger charge is -2.21. The quantitative estimate of drug-likeness (QED) is 0.852. The Hall–Kier alpha value is -2.28. The summed E-state index contributed by atoms with van der Waals surface area (Å²) in [7, 11) is 0. The molecule has 0 saturated heterocycles. The average Bonchev–Trinajstić information content (AvgIpc) is 2.96. The summed E-state index contributed by atoms with van der Waals surface area (Å²) >= 11 is 0. The number of amides is 1. The maximum Gasteiger partial charge on any atom is 0.251 e. The van der Waals surface area contributed by atoms with Gasteiger partial charge in [-0.3, -0.25) is 4.79 Å². The molecule has 1 aromatic heterocycles. The van der Waals surface area contributed by atoms with Crippen molar-refractivity contribution < 1.29 is 27.5 Å². The lowest BCUT2D eigenvalue weighted by Crippen LogP contribution is -2.38. The number of hydrogen-bond acceptors (Lipinski definition) is 3. The average molecular weight is 299 g/mol. The summed E-state index contributed by atoms with van der Waals surface area (Å²) < 4.78 is 43.9. The van der Waals surface area contributed by atoms with Crippen molar-refractivity contribution in [3.05, 3.63) is 59.3 Å². The Morgan fingerprint density at radius 1 is 1.33 bits per heavy atom. The first-order chi connectivity index (χ1) is 9.81. The van der Waals surface area contributed by atoms with Crippen molar-refractivity contribution in [2.24, 2.45) is 0 Å². The van der Waals surface area contributed by atoms with Gasteiger partial charge in [0.2, 0.25) is 0 Å². The molecule has 2 rings (SSSR count). The smallest absolute Gasteiger partial charge is 0.251 e. The van der Waals surface area contributed by atoms with E-state index in [9.17, 15) is 23.1 Å². The molecule has 1 atom stereocenters. The number of rotatable bonds is 4. The van der Waals surface area contributed by atoms with Gasteiger partial charge in [-0.2, -0.15) is 0 Å². The summed E-state index contributed by atoms with van der Waals surface area (Å²) in [6.07, 6.45) is 1.36. The largest absolute Gasteiger partial charge is 0.466 e. The van der Waals surface area contributed by atoms with E-state index in [2.05, 4.69) is 5.32 Å². The van der Waals surface area contributed by atoms with Gasteiger partial charge in [-0.15, -0.1) is 0 Å². The monoisotopic (exact) mass is 299 g/mol. The second-order valence-electron chi connectivity index (χ2n) is 4.69. The van der Waals surface area contributed by atoms with Gasteiger partial charge in [-0.25, -0.2) is 13.2 Å². The molecule has 0 aliphatic heterocycles. The van der Waals surface area contributed by atoms with Crippen LogP contribution in [0.3, 0.4) is 0 Å². The molecule has 0 spiro atoms. The number of furan rings is 1. The van der Waals surface area contributed by atoms with Gasteiger partial charge in [0.05, 0.1) is 12.8 Å². The van der Waals surface area contributed by atoms with E-state index in [-0.39, 0.29) is 17.9 Å². The van der Waals surface area contributed by atoms with Crippen molar-refractivity contribution in [3.63, 3.8) is 0 Å². The van der Waals surface area contributed by atoms with Gasteiger partial charge in [-0.05, 0) is 31.2 Å². The molecule has 1 amide bonds. The number of halogens is 3. The highest BCUT2D eigenvalue weighted by Gasteiger charge is 2.27. The van der Waals surface area contributed by atoms with E-state index in [1.54, 1.807) is 6.07 Å². The standard InChI is InChI=1S/C14H12F3NO3/c1-14(20,11-3-2-4-21-11)7-18-13(19)8-5-9(15)12(17)10(16)6-8/h2-6,20H,7H2,1H3,(H,18,19). The van der Waals surface area contributed by atoms with E-state index in [4.69, 9.17) is 4.42 Å².